The fourth-order valence-electron chi connectivity index (χ4n) is 3.33. The lowest BCUT2D eigenvalue weighted by Gasteiger charge is -2.39. The van der Waals surface area contributed by atoms with E-state index in [-0.39, 0.29) is 0 Å². The minimum absolute atomic E-state index is 0.322. The second kappa shape index (κ2) is 7.67. The molecule has 1 unspecified atom stereocenters. The molecule has 1 aliphatic carbocycles. The fraction of sp³-hybridized carbons (Fsp3) is 0.611. The standard InChI is InChI=1S/C18H20Cl2F4N2S2/c1-11-7-12(21)13(8-14(11)28-10-18(22,23)24)25-3-5-26(6-4-25)15(27)16(2)9-17(16,19)20/h7-8H,3-6,9-10H2,1-2H3. The van der Waals surface area contributed by atoms with Crippen molar-refractivity contribution < 1.29 is 17.6 Å². The van der Waals surface area contributed by atoms with Crippen molar-refractivity contribution in [3.05, 3.63) is 23.5 Å². The van der Waals surface area contributed by atoms with Gasteiger partial charge in [-0.25, -0.2) is 4.39 Å². The first-order valence-electron chi connectivity index (χ1n) is 8.76. The molecular formula is C18H20Cl2F4N2S2. The minimum Gasteiger partial charge on any atom is -0.366 e. The number of thiocarbonyl (C=S) groups is 1. The van der Waals surface area contributed by atoms with E-state index >= 15 is 0 Å². The molecule has 0 bridgehead atoms. The zero-order chi connectivity index (χ0) is 20.9. The molecule has 0 aromatic heterocycles. The summed E-state index contributed by atoms with van der Waals surface area (Å²) in [6.07, 6.45) is -3.67. The van der Waals surface area contributed by atoms with Crippen LogP contribution in [-0.4, -0.2) is 52.3 Å². The van der Waals surface area contributed by atoms with Gasteiger partial charge in [-0.05, 0) is 31.0 Å². The number of halogens is 6. The van der Waals surface area contributed by atoms with Crippen LogP contribution in [0.25, 0.3) is 0 Å². The monoisotopic (exact) mass is 474 g/mol. The van der Waals surface area contributed by atoms with Crippen molar-refractivity contribution >= 4 is 57.9 Å². The van der Waals surface area contributed by atoms with Crippen LogP contribution in [0.4, 0.5) is 23.2 Å². The Morgan fingerprint density at radius 3 is 2.29 bits per heavy atom. The molecule has 1 atom stereocenters. The maximum atomic E-state index is 14.5. The quantitative estimate of drug-likeness (QED) is 0.234. The first kappa shape index (κ1) is 22.2. The lowest BCUT2D eigenvalue weighted by Crippen LogP contribution is -2.50. The van der Waals surface area contributed by atoms with Gasteiger partial charge in [0.2, 0.25) is 0 Å². The Hall–Kier alpha value is -0.440. The summed E-state index contributed by atoms with van der Waals surface area (Å²) in [5, 5.41) is 0. The number of alkyl halides is 5. The van der Waals surface area contributed by atoms with Crippen LogP contribution >= 0.6 is 47.2 Å². The molecule has 2 aliphatic rings. The Morgan fingerprint density at radius 2 is 1.79 bits per heavy atom. The predicted molar refractivity (Wildman–Crippen MR) is 111 cm³/mol. The molecule has 1 aromatic carbocycles. The van der Waals surface area contributed by atoms with Crippen molar-refractivity contribution in [1.82, 2.24) is 4.90 Å². The minimum atomic E-state index is -4.27. The summed E-state index contributed by atoms with van der Waals surface area (Å²) in [5.41, 5.74) is 0.393. The molecule has 0 spiro atoms. The zero-order valence-electron chi connectivity index (χ0n) is 15.4. The molecule has 28 heavy (non-hydrogen) atoms. The highest BCUT2D eigenvalue weighted by molar-refractivity contribution is 7.99. The Balaban J connectivity index is 1.68. The SMILES string of the molecule is Cc1cc(F)c(N2CCN(C(=S)C3(C)CC3(Cl)Cl)CC2)cc1SCC(F)(F)F. The van der Waals surface area contributed by atoms with Crippen molar-refractivity contribution in [2.45, 2.75) is 35.7 Å². The van der Waals surface area contributed by atoms with E-state index in [2.05, 4.69) is 0 Å². The fourth-order valence-corrected chi connectivity index (χ4v) is 5.39. The maximum Gasteiger partial charge on any atom is 0.398 e. The Labute approximate surface area is 181 Å². The van der Waals surface area contributed by atoms with Crippen molar-refractivity contribution in [3.63, 3.8) is 0 Å². The third-order valence-electron chi connectivity index (χ3n) is 5.27. The van der Waals surface area contributed by atoms with E-state index in [0.29, 0.717) is 65.5 Å². The smallest absolute Gasteiger partial charge is 0.366 e. The second-order valence-electron chi connectivity index (χ2n) is 7.47. The third kappa shape index (κ3) is 4.50. The molecule has 1 saturated heterocycles. The molecule has 10 heteroatoms. The number of piperazine rings is 1. The largest absolute Gasteiger partial charge is 0.398 e. The van der Waals surface area contributed by atoms with Gasteiger partial charge in [0.1, 0.15) is 10.2 Å². The van der Waals surface area contributed by atoms with Gasteiger partial charge in [0.25, 0.3) is 0 Å². The number of aryl methyl sites for hydroxylation is 1. The van der Waals surface area contributed by atoms with Gasteiger partial charge in [0.15, 0.2) is 0 Å². The number of hydrogen-bond donors (Lipinski definition) is 0. The van der Waals surface area contributed by atoms with E-state index in [4.69, 9.17) is 35.4 Å². The average Bonchev–Trinajstić information content (AvgIpc) is 3.12. The first-order chi connectivity index (χ1) is 12.8. The van der Waals surface area contributed by atoms with Gasteiger partial charge >= 0.3 is 6.18 Å². The Kier molecular flexibility index (Phi) is 6.10. The molecule has 1 aliphatic heterocycles. The van der Waals surface area contributed by atoms with E-state index in [1.807, 2.05) is 16.7 Å². The topological polar surface area (TPSA) is 6.48 Å². The number of nitrogens with zero attached hydrogens (tertiary/aromatic N) is 2. The first-order valence-corrected chi connectivity index (χ1v) is 10.9. The van der Waals surface area contributed by atoms with Crippen LogP contribution in [0.3, 0.4) is 0 Å². The molecule has 1 heterocycles. The molecule has 156 valence electrons. The highest BCUT2D eigenvalue weighted by Gasteiger charge is 2.66. The van der Waals surface area contributed by atoms with Crippen molar-refractivity contribution in [1.29, 1.82) is 0 Å². The van der Waals surface area contributed by atoms with Crippen molar-refractivity contribution in [2.24, 2.45) is 5.41 Å². The third-order valence-corrected chi connectivity index (χ3v) is 8.31. The van der Waals surface area contributed by atoms with Gasteiger partial charge in [-0.15, -0.1) is 35.0 Å². The number of benzene rings is 1. The van der Waals surface area contributed by atoms with Gasteiger partial charge in [-0.2, -0.15) is 13.2 Å². The molecule has 0 N–H and O–H groups in total. The number of anilines is 1. The summed E-state index contributed by atoms with van der Waals surface area (Å²) in [4.78, 5) is 5.02. The highest BCUT2D eigenvalue weighted by atomic mass is 35.5. The predicted octanol–water partition coefficient (Wildman–Crippen LogP) is 5.82. The highest BCUT2D eigenvalue weighted by Crippen LogP contribution is 2.65. The summed E-state index contributed by atoms with van der Waals surface area (Å²) in [5.74, 6) is -1.43. The van der Waals surface area contributed by atoms with Crippen LogP contribution in [-0.2, 0) is 0 Å². The molecule has 1 saturated carbocycles. The van der Waals surface area contributed by atoms with Crippen LogP contribution in [0, 0.1) is 18.2 Å². The van der Waals surface area contributed by atoms with E-state index in [0.717, 1.165) is 0 Å². The van der Waals surface area contributed by atoms with Crippen molar-refractivity contribution in [3.8, 4) is 0 Å². The van der Waals surface area contributed by atoms with Crippen molar-refractivity contribution in [2.75, 3.05) is 36.8 Å². The van der Waals surface area contributed by atoms with Gasteiger partial charge < -0.3 is 9.80 Å². The number of hydrogen-bond acceptors (Lipinski definition) is 3. The number of rotatable bonds is 4. The summed E-state index contributed by atoms with van der Waals surface area (Å²) in [6, 6.07) is 2.81. The van der Waals surface area contributed by atoms with E-state index < -0.39 is 27.5 Å². The van der Waals surface area contributed by atoms with E-state index in [1.54, 1.807) is 6.92 Å². The van der Waals surface area contributed by atoms with Crippen LogP contribution in [0.2, 0.25) is 0 Å². The molecule has 3 rings (SSSR count). The van der Waals surface area contributed by atoms with Gasteiger partial charge in [-0.1, -0.05) is 19.1 Å². The Bertz CT molecular complexity index is 780. The normalized spacial score (nSPS) is 24.4. The summed E-state index contributed by atoms with van der Waals surface area (Å²) in [7, 11) is 0. The zero-order valence-corrected chi connectivity index (χ0v) is 18.5. The van der Waals surface area contributed by atoms with Crippen LogP contribution in [0.5, 0.6) is 0 Å². The number of thioether (sulfide) groups is 1. The second-order valence-corrected chi connectivity index (χ2v) is 10.4. The lowest BCUT2D eigenvalue weighted by atomic mass is 10.1. The van der Waals surface area contributed by atoms with Crippen LogP contribution < -0.4 is 4.90 Å². The Morgan fingerprint density at radius 1 is 1.21 bits per heavy atom. The molecule has 0 radical (unpaired) electrons. The molecule has 0 amide bonds. The van der Waals surface area contributed by atoms with Crippen LogP contribution in [0.1, 0.15) is 18.9 Å². The van der Waals surface area contributed by atoms with Crippen LogP contribution in [0.15, 0.2) is 17.0 Å². The molecule has 1 aromatic rings. The van der Waals surface area contributed by atoms with Gasteiger partial charge in [0.05, 0.1) is 21.8 Å². The molecule has 2 nitrogen and oxygen atoms in total. The van der Waals surface area contributed by atoms with E-state index in [1.165, 1.54) is 12.1 Å². The summed E-state index contributed by atoms with van der Waals surface area (Å²) in [6.45, 7) is 5.73. The average molecular weight is 475 g/mol. The van der Waals surface area contributed by atoms with Gasteiger partial charge in [-0.3, -0.25) is 0 Å². The maximum absolute atomic E-state index is 14.5. The summed E-state index contributed by atoms with van der Waals surface area (Å²) >= 11 is 18.7. The van der Waals surface area contributed by atoms with E-state index in [9.17, 15) is 17.6 Å². The lowest BCUT2D eigenvalue weighted by molar-refractivity contribution is -0.105. The molecular weight excluding hydrogens is 455 g/mol. The summed E-state index contributed by atoms with van der Waals surface area (Å²) < 4.78 is 51.3. The molecule has 2 fully saturated rings. The van der Waals surface area contributed by atoms with Gasteiger partial charge in [0, 0.05) is 31.1 Å².